The SMILES string of the molecule is Cn1cc(-c2ccc3c(c2)CCC3(S)NC(=O)N(C=O)CC(=O)N2Cc3cc(F)ccc3OC[C@H]2C2CC2)cn1. The molecule has 4 amide bonds. The van der Waals surface area contributed by atoms with E-state index in [0.29, 0.717) is 30.6 Å². The summed E-state index contributed by atoms with van der Waals surface area (Å²) in [5, 5.41) is 7.10. The number of aromatic nitrogens is 2. The van der Waals surface area contributed by atoms with Crippen LogP contribution >= 0.6 is 12.6 Å². The average molecular weight is 564 g/mol. The van der Waals surface area contributed by atoms with E-state index >= 15 is 0 Å². The van der Waals surface area contributed by atoms with Crippen molar-refractivity contribution in [2.45, 2.75) is 43.1 Å². The molecule has 3 aliphatic rings. The van der Waals surface area contributed by atoms with Crippen LogP contribution < -0.4 is 10.1 Å². The fraction of sp³-hybridized carbons (Fsp3) is 0.379. The number of thiol groups is 1. The number of halogens is 1. The Hall–Kier alpha value is -3.86. The molecule has 11 heteroatoms. The Labute approximate surface area is 236 Å². The lowest BCUT2D eigenvalue weighted by Crippen LogP contribution is -2.52. The number of hydrogen-bond donors (Lipinski definition) is 2. The molecule has 1 aliphatic heterocycles. The van der Waals surface area contributed by atoms with E-state index in [-0.39, 0.29) is 25.1 Å². The molecule has 208 valence electrons. The summed E-state index contributed by atoms with van der Waals surface area (Å²) >= 11 is 4.82. The van der Waals surface area contributed by atoms with Crippen molar-refractivity contribution in [1.29, 1.82) is 0 Å². The van der Waals surface area contributed by atoms with Gasteiger partial charge in [0.05, 0.1) is 12.2 Å². The van der Waals surface area contributed by atoms with E-state index < -0.39 is 29.2 Å². The summed E-state index contributed by atoms with van der Waals surface area (Å²) in [5.74, 6) is -0.0113. The van der Waals surface area contributed by atoms with Crippen LogP contribution in [-0.4, -0.2) is 57.1 Å². The van der Waals surface area contributed by atoms with Gasteiger partial charge in [-0.3, -0.25) is 19.2 Å². The Kier molecular flexibility index (Phi) is 6.77. The van der Waals surface area contributed by atoms with Crippen LogP contribution in [0.4, 0.5) is 9.18 Å². The molecule has 3 aromatic rings. The summed E-state index contributed by atoms with van der Waals surface area (Å²) in [5.41, 5.74) is 4.47. The quantitative estimate of drug-likeness (QED) is 0.271. The Morgan fingerprint density at radius 3 is 2.77 bits per heavy atom. The minimum absolute atomic E-state index is 0.143. The highest BCUT2D eigenvalue weighted by atomic mass is 32.1. The van der Waals surface area contributed by atoms with E-state index in [0.717, 1.165) is 40.0 Å². The van der Waals surface area contributed by atoms with E-state index in [2.05, 4.69) is 16.5 Å². The maximum Gasteiger partial charge on any atom is 0.325 e. The first kappa shape index (κ1) is 26.4. The number of ether oxygens (including phenoxy) is 1. The number of carbonyl (C=O) groups is 3. The lowest BCUT2D eigenvalue weighted by molar-refractivity contribution is -0.137. The molecular weight excluding hydrogens is 533 g/mol. The Bertz CT molecular complexity index is 1490. The zero-order chi connectivity index (χ0) is 28.0. The third-order valence-corrected chi connectivity index (χ3v) is 8.59. The Balaban J connectivity index is 1.17. The molecule has 1 saturated carbocycles. The van der Waals surface area contributed by atoms with Gasteiger partial charge in [-0.25, -0.2) is 9.18 Å². The van der Waals surface area contributed by atoms with Crippen molar-refractivity contribution in [3.8, 4) is 16.9 Å². The molecule has 1 aromatic heterocycles. The highest BCUT2D eigenvalue weighted by Gasteiger charge is 2.42. The third kappa shape index (κ3) is 5.05. The fourth-order valence-corrected chi connectivity index (χ4v) is 6.12. The number of nitrogens with one attached hydrogen (secondary N) is 1. The number of urea groups is 1. The first-order valence-corrected chi connectivity index (χ1v) is 13.8. The first-order valence-electron chi connectivity index (χ1n) is 13.3. The number of aryl methyl sites for hydroxylation is 2. The smallest absolute Gasteiger partial charge is 0.325 e. The molecule has 2 heterocycles. The van der Waals surface area contributed by atoms with E-state index in [9.17, 15) is 18.8 Å². The van der Waals surface area contributed by atoms with Gasteiger partial charge in [0.25, 0.3) is 0 Å². The number of rotatable bonds is 6. The lowest BCUT2D eigenvalue weighted by Gasteiger charge is -2.32. The second-order valence-electron chi connectivity index (χ2n) is 10.8. The van der Waals surface area contributed by atoms with Gasteiger partial charge in [0, 0.05) is 30.9 Å². The molecule has 1 fully saturated rings. The second-order valence-corrected chi connectivity index (χ2v) is 11.6. The normalized spacial score (nSPS) is 21.6. The summed E-state index contributed by atoms with van der Waals surface area (Å²) in [6.07, 6.45) is 7.24. The van der Waals surface area contributed by atoms with Crippen LogP contribution in [0.3, 0.4) is 0 Å². The van der Waals surface area contributed by atoms with E-state index in [4.69, 9.17) is 17.4 Å². The molecule has 0 saturated heterocycles. The fourth-order valence-electron chi connectivity index (χ4n) is 5.70. The zero-order valence-electron chi connectivity index (χ0n) is 22.0. The summed E-state index contributed by atoms with van der Waals surface area (Å²) in [6, 6.07) is 9.29. The molecule has 2 aromatic carbocycles. The number of nitrogens with zero attached hydrogens (tertiary/aromatic N) is 4. The van der Waals surface area contributed by atoms with Crippen LogP contribution in [0.25, 0.3) is 11.1 Å². The van der Waals surface area contributed by atoms with Crippen molar-refractivity contribution in [3.63, 3.8) is 0 Å². The third-order valence-electron chi connectivity index (χ3n) is 8.01. The first-order chi connectivity index (χ1) is 19.2. The topological polar surface area (TPSA) is 96.8 Å². The summed E-state index contributed by atoms with van der Waals surface area (Å²) in [7, 11) is 1.86. The van der Waals surface area contributed by atoms with Crippen LogP contribution in [0.15, 0.2) is 48.8 Å². The summed E-state index contributed by atoms with van der Waals surface area (Å²) in [4.78, 5) is 40.3. The molecule has 2 aliphatic carbocycles. The van der Waals surface area contributed by atoms with Gasteiger partial charge in [-0.1, -0.05) is 18.2 Å². The number of benzene rings is 2. The van der Waals surface area contributed by atoms with Crippen molar-refractivity contribution in [2.24, 2.45) is 13.0 Å². The number of amides is 4. The van der Waals surface area contributed by atoms with Crippen molar-refractivity contribution < 1.29 is 23.5 Å². The molecule has 0 bridgehead atoms. The molecule has 1 unspecified atom stereocenters. The molecular formula is C29H30FN5O4S. The van der Waals surface area contributed by atoms with Crippen LogP contribution in [0.2, 0.25) is 0 Å². The van der Waals surface area contributed by atoms with Gasteiger partial charge in [0.2, 0.25) is 12.3 Å². The predicted octanol–water partition coefficient (Wildman–Crippen LogP) is 3.62. The van der Waals surface area contributed by atoms with Gasteiger partial charge in [-0.15, -0.1) is 12.6 Å². The number of imide groups is 1. The maximum atomic E-state index is 14.0. The van der Waals surface area contributed by atoms with Crippen molar-refractivity contribution in [3.05, 3.63) is 71.3 Å². The molecule has 0 spiro atoms. The van der Waals surface area contributed by atoms with Crippen LogP contribution in [0, 0.1) is 11.7 Å². The molecule has 0 radical (unpaired) electrons. The monoisotopic (exact) mass is 563 g/mol. The second kappa shape index (κ2) is 10.3. The van der Waals surface area contributed by atoms with Gasteiger partial charge in [-0.2, -0.15) is 5.10 Å². The van der Waals surface area contributed by atoms with Crippen molar-refractivity contribution in [2.75, 3.05) is 13.2 Å². The minimum Gasteiger partial charge on any atom is -0.491 e. The highest BCUT2D eigenvalue weighted by Crippen LogP contribution is 2.42. The largest absolute Gasteiger partial charge is 0.491 e. The zero-order valence-corrected chi connectivity index (χ0v) is 22.9. The lowest BCUT2D eigenvalue weighted by atomic mass is 10.0. The standard InChI is InChI=1S/C29H30FN5O4S/c1-33-13-22(12-31-33)19-4-6-24-20(10-19)8-9-29(24,40)32-28(38)34(17-36)15-27(37)35-14-21-11-23(30)5-7-26(21)39-16-25(35)18-2-3-18/h4-7,10-13,17-18,25,40H,2-3,8-9,14-16H2,1H3,(H,32,38)/t25-,29?/m0/s1. The highest BCUT2D eigenvalue weighted by molar-refractivity contribution is 7.81. The van der Waals surface area contributed by atoms with Crippen molar-refractivity contribution >= 4 is 31.0 Å². The van der Waals surface area contributed by atoms with Gasteiger partial charge in [0.1, 0.15) is 29.6 Å². The van der Waals surface area contributed by atoms with E-state index in [1.165, 1.54) is 12.1 Å². The maximum absolute atomic E-state index is 14.0. The molecule has 40 heavy (non-hydrogen) atoms. The van der Waals surface area contributed by atoms with Crippen LogP contribution in [0.5, 0.6) is 5.75 Å². The predicted molar refractivity (Wildman–Crippen MR) is 148 cm³/mol. The molecule has 2 atom stereocenters. The summed E-state index contributed by atoms with van der Waals surface area (Å²) < 4.78 is 21.6. The van der Waals surface area contributed by atoms with Gasteiger partial charge >= 0.3 is 6.03 Å². The van der Waals surface area contributed by atoms with Crippen LogP contribution in [-0.2, 0) is 34.5 Å². The summed E-state index contributed by atoms with van der Waals surface area (Å²) in [6.45, 7) is -0.0235. The molecule has 9 nitrogen and oxygen atoms in total. The van der Waals surface area contributed by atoms with Crippen molar-refractivity contribution in [1.82, 2.24) is 24.9 Å². The average Bonchev–Trinajstić information content (AvgIpc) is 3.64. The van der Waals surface area contributed by atoms with E-state index in [1.807, 2.05) is 25.4 Å². The van der Waals surface area contributed by atoms with Gasteiger partial charge in [0.15, 0.2) is 0 Å². The minimum atomic E-state index is -0.992. The number of carbonyl (C=O) groups excluding carboxylic acids is 3. The van der Waals surface area contributed by atoms with E-state index in [1.54, 1.807) is 21.8 Å². The Morgan fingerprint density at radius 2 is 2.05 bits per heavy atom. The number of hydrogen-bond acceptors (Lipinski definition) is 6. The number of fused-ring (bicyclic) bond motifs is 2. The van der Waals surface area contributed by atoms with Gasteiger partial charge in [-0.05, 0) is 66.5 Å². The molecule has 1 N–H and O–H groups in total. The Morgan fingerprint density at radius 1 is 1.23 bits per heavy atom. The molecule has 6 rings (SSSR count). The van der Waals surface area contributed by atoms with Gasteiger partial charge < -0.3 is 15.0 Å². The van der Waals surface area contributed by atoms with Crippen LogP contribution in [0.1, 0.15) is 36.0 Å².